The molecule has 0 aliphatic carbocycles. The van der Waals surface area contributed by atoms with Crippen LogP contribution in [0.2, 0.25) is 0 Å². The van der Waals surface area contributed by atoms with Gasteiger partial charge in [0.1, 0.15) is 11.2 Å². The highest BCUT2D eigenvalue weighted by Gasteiger charge is 2.24. The van der Waals surface area contributed by atoms with Gasteiger partial charge in [-0.15, -0.1) is 0 Å². The zero-order chi connectivity index (χ0) is 45.0. The molecule has 5 heteroatoms. The minimum absolute atomic E-state index is 0.565. The molecule has 0 aliphatic heterocycles. The van der Waals surface area contributed by atoms with E-state index >= 15 is 0 Å². The van der Waals surface area contributed by atoms with Crippen molar-refractivity contribution in [2.75, 3.05) is 0 Å². The lowest BCUT2D eigenvalue weighted by Gasteiger charge is -2.17. The summed E-state index contributed by atoms with van der Waals surface area (Å²) in [6.07, 6.45) is 0. The molecule has 13 rings (SSSR count). The van der Waals surface area contributed by atoms with Crippen LogP contribution in [0.5, 0.6) is 0 Å². The number of furan rings is 1. The van der Waals surface area contributed by atoms with Gasteiger partial charge in [0.25, 0.3) is 0 Å². The molecule has 5 nitrogen and oxygen atoms in total. The van der Waals surface area contributed by atoms with E-state index in [-0.39, 0.29) is 0 Å². The molecular weight excluding hydrogens is 829 g/mol. The SMILES string of the molecule is c1ccc(-c2ccc(-c3ccccc3)c(-c3ccc(-c4cccc5c4oc4ccc6c7ccccc7n(-c7ccccc7)c6c45)c(-c4nc(-c5ccccc5)nc(-c5ccccc5)n4)c3)c2)cc1. The second-order valence-electron chi connectivity index (χ2n) is 17.1. The van der Waals surface area contributed by atoms with Crippen molar-refractivity contribution in [2.45, 2.75) is 0 Å². The molecule has 3 heterocycles. The Morgan fingerprint density at radius 1 is 0.309 bits per heavy atom. The van der Waals surface area contributed by atoms with Crippen LogP contribution >= 0.6 is 0 Å². The minimum atomic E-state index is 0.565. The molecule has 0 aliphatic rings. The number of aromatic nitrogens is 4. The second kappa shape index (κ2) is 16.4. The Morgan fingerprint density at radius 2 is 0.853 bits per heavy atom. The van der Waals surface area contributed by atoms with Gasteiger partial charge in [-0.1, -0.05) is 200 Å². The Kier molecular flexibility index (Phi) is 9.43. The number of nitrogens with zero attached hydrogens (tertiary/aromatic N) is 4. The highest BCUT2D eigenvalue weighted by atomic mass is 16.3. The number of rotatable bonds is 8. The molecule has 0 spiro atoms. The quantitative estimate of drug-likeness (QED) is 0.153. The van der Waals surface area contributed by atoms with Gasteiger partial charge in [-0.05, 0) is 81.4 Å². The Bertz CT molecular complexity index is 3940. The van der Waals surface area contributed by atoms with Crippen LogP contribution in [-0.4, -0.2) is 19.5 Å². The maximum atomic E-state index is 7.10. The Labute approximate surface area is 392 Å². The summed E-state index contributed by atoms with van der Waals surface area (Å²) in [7, 11) is 0. The minimum Gasteiger partial charge on any atom is -0.455 e. The van der Waals surface area contributed by atoms with Gasteiger partial charge in [-0.25, -0.2) is 15.0 Å². The summed E-state index contributed by atoms with van der Waals surface area (Å²) < 4.78 is 9.48. The molecule has 3 aromatic heterocycles. The molecular formula is C63H40N4O. The molecule has 10 aromatic carbocycles. The fraction of sp³-hybridized carbons (Fsp3) is 0. The molecule has 0 N–H and O–H groups in total. The van der Waals surface area contributed by atoms with Crippen LogP contribution in [0.1, 0.15) is 0 Å². The summed E-state index contributed by atoms with van der Waals surface area (Å²) in [5, 5.41) is 4.47. The van der Waals surface area contributed by atoms with Crippen LogP contribution in [-0.2, 0) is 0 Å². The average Bonchev–Trinajstić information content (AvgIpc) is 3.98. The number of benzene rings is 10. The predicted molar refractivity (Wildman–Crippen MR) is 279 cm³/mol. The van der Waals surface area contributed by atoms with Crippen molar-refractivity contribution in [3.63, 3.8) is 0 Å². The van der Waals surface area contributed by atoms with Crippen molar-refractivity contribution in [3.8, 4) is 84.4 Å². The van der Waals surface area contributed by atoms with E-state index in [9.17, 15) is 0 Å². The summed E-state index contributed by atoms with van der Waals surface area (Å²) in [6.45, 7) is 0. The van der Waals surface area contributed by atoms with Crippen LogP contribution in [0.25, 0.3) is 128 Å². The normalized spacial score (nSPS) is 11.5. The molecule has 0 atom stereocenters. The standard InChI is InChI=1S/C63H40N4O/c1-6-19-41(20-7-1)45-33-35-48(42-21-8-2-9-22-42)54(39-45)46-34-36-49(55(40-46)63-65-61(43-23-10-3-11-24-43)64-62(66-63)44-25-12-4-13-26-44)52-30-18-31-53-58-57(68-60(52)53)38-37-51-50-29-16-17-32-56(50)67(59(51)58)47-27-14-5-15-28-47/h1-40H. The maximum absolute atomic E-state index is 7.10. The van der Waals surface area contributed by atoms with Crippen molar-refractivity contribution in [1.82, 2.24) is 19.5 Å². The first-order chi connectivity index (χ1) is 33.7. The molecule has 0 amide bonds. The average molecular weight is 869 g/mol. The Hall–Kier alpha value is -9.19. The number of fused-ring (bicyclic) bond motifs is 7. The number of hydrogen-bond acceptors (Lipinski definition) is 4. The lowest BCUT2D eigenvalue weighted by molar-refractivity contribution is 0.670. The van der Waals surface area contributed by atoms with Crippen LogP contribution < -0.4 is 0 Å². The first kappa shape index (κ1) is 39.2. The number of para-hydroxylation sites is 3. The van der Waals surface area contributed by atoms with E-state index in [1.54, 1.807) is 0 Å². The Morgan fingerprint density at radius 3 is 1.54 bits per heavy atom. The molecule has 318 valence electrons. The van der Waals surface area contributed by atoms with Gasteiger partial charge in [0.2, 0.25) is 0 Å². The van der Waals surface area contributed by atoms with Gasteiger partial charge in [-0.3, -0.25) is 0 Å². The highest BCUT2D eigenvalue weighted by Crippen LogP contribution is 2.46. The zero-order valence-corrected chi connectivity index (χ0v) is 36.8. The van der Waals surface area contributed by atoms with E-state index < -0.39 is 0 Å². The number of hydrogen-bond donors (Lipinski definition) is 0. The molecule has 68 heavy (non-hydrogen) atoms. The smallest absolute Gasteiger partial charge is 0.164 e. The van der Waals surface area contributed by atoms with Gasteiger partial charge in [0, 0.05) is 44.1 Å². The van der Waals surface area contributed by atoms with E-state index in [2.05, 4.69) is 211 Å². The Balaban J connectivity index is 1.10. The van der Waals surface area contributed by atoms with E-state index in [1.807, 2.05) is 36.4 Å². The summed E-state index contributed by atoms with van der Waals surface area (Å²) >= 11 is 0. The van der Waals surface area contributed by atoms with Crippen LogP contribution in [0, 0.1) is 0 Å². The van der Waals surface area contributed by atoms with Crippen LogP contribution in [0.4, 0.5) is 0 Å². The molecule has 0 saturated heterocycles. The summed E-state index contributed by atoms with van der Waals surface area (Å²) in [4.78, 5) is 15.8. The molecule has 0 radical (unpaired) electrons. The fourth-order valence-electron chi connectivity index (χ4n) is 9.92. The van der Waals surface area contributed by atoms with Crippen molar-refractivity contribution in [2.24, 2.45) is 0 Å². The first-order valence-electron chi connectivity index (χ1n) is 22.9. The van der Waals surface area contributed by atoms with E-state index in [4.69, 9.17) is 19.4 Å². The van der Waals surface area contributed by atoms with Crippen molar-refractivity contribution in [3.05, 3.63) is 243 Å². The summed E-state index contributed by atoms with van der Waals surface area (Å²) in [5.41, 5.74) is 16.2. The third kappa shape index (κ3) is 6.68. The first-order valence-corrected chi connectivity index (χ1v) is 22.9. The predicted octanol–water partition coefficient (Wildman–Crippen LogP) is 16.5. The van der Waals surface area contributed by atoms with Crippen molar-refractivity contribution >= 4 is 43.7 Å². The summed E-state index contributed by atoms with van der Waals surface area (Å²) in [6, 6.07) is 85.1. The molecule has 0 saturated carbocycles. The molecule has 0 unspecified atom stereocenters. The van der Waals surface area contributed by atoms with Gasteiger partial charge >= 0.3 is 0 Å². The topological polar surface area (TPSA) is 56.7 Å². The molecule has 0 fully saturated rings. The van der Waals surface area contributed by atoms with Crippen LogP contribution in [0.15, 0.2) is 247 Å². The highest BCUT2D eigenvalue weighted by molar-refractivity contribution is 6.25. The maximum Gasteiger partial charge on any atom is 0.164 e. The molecule has 13 aromatic rings. The monoisotopic (exact) mass is 868 g/mol. The van der Waals surface area contributed by atoms with Gasteiger partial charge < -0.3 is 8.98 Å². The summed E-state index contributed by atoms with van der Waals surface area (Å²) in [5.74, 6) is 1.76. The van der Waals surface area contributed by atoms with Crippen molar-refractivity contribution < 1.29 is 4.42 Å². The zero-order valence-electron chi connectivity index (χ0n) is 36.8. The third-order valence-corrected chi connectivity index (χ3v) is 13.1. The lowest BCUT2D eigenvalue weighted by Crippen LogP contribution is -2.01. The van der Waals surface area contributed by atoms with E-state index in [0.717, 1.165) is 99.9 Å². The van der Waals surface area contributed by atoms with E-state index in [1.165, 1.54) is 10.8 Å². The van der Waals surface area contributed by atoms with Gasteiger partial charge in [-0.2, -0.15) is 0 Å². The second-order valence-corrected chi connectivity index (χ2v) is 17.1. The van der Waals surface area contributed by atoms with E-state index in [0.29, 0.717) is 17.5 Å². The third-order valence-electron chi connectivity index (χ3n) is 13.1. The van der Waals surface area contributed by atoms with Gasteiger partial charge in [0.05, 0.1) is 16.4 Å². The molecule has 0 bridgehead atoms. The van der Waals surface area contributed by atoms with Gasteiger partial charge in [0.15, 0.2) is 17.5 Å². The van der Waals surface area contributed by atoms with Crippen LogP contribution in [0.3, 0.4) is 0 Å². The lowest BCUT2D eigenvalue weighted by atomic mass is 9.88. The fourth-order valence-corrected chi connectivity index (χ4v) is 9.92. The van der Waals surface area contributed by atoms with Crippen molar-refractivity contribution in [1.29, 1.82) is 0 Å². The largest absolute Gasteiger partial charge is 0.455 e.